The minimum absolute atomic E-state index is 0. The van der Waals surface area contributed by atoms with E-state index in [1.165, 1.54) is 66.3 Å². The summed E-state index contributed by atoms with van der Waals surface area (Å²) in [6.07, 6.45) is 24.7. The van der Waals surface area contributed by atoms with E-state index < -0.39 is 0 Å². The highest BCUT2D eigenvalue weighted by Crippen LogP contribution is 2.24. The number of hydrogen-bond acceptors (Lipinski definition) is 9. The van der Waals surface area contributed by atoms with Crippen molar-refractivity contribution in [2.45, 2.75) is 53.4 Å². The second-order valence-electron chi connectivity index (χ2n) is 12.7. The van der Waals surface area contributed by atoms with E-state index >= 15 is 0 Å². The van der Waals surface area contributed by atoms with Crippen LogP contribution in [0.2, 0.25) is 0 Å². The van der Waals surface area contributed by atoms with E-state index in [1.54, 1.807) is 24.0 Å². The van der Waals surface area contributed by atoms with Gasteiger partial charge in [0.25, 0.3) is 0 Å². The lowest BCUT2D eigenvalue weighted by Gasteiger charge is -1.92. The summed E-state index contributed by atoms with van der Waals surface area (Å²) < 4.78 is 3.18. The van der Waals surface area contributed by atoms with Crippen LogP contribution >= 0.6 is 11.3 Å². The van der Waals surface area contributed by atoms with Crippen molar-refractivity contribution in [1.29, 1.82) is 0 Å². The lowest BCUT2D eigenvalue weighted by Crippen LogP contribution is -2.32. The van der Waals surface area contributed by atoms with E-state index in [-0.39, 0.29) is 14.9 Å². The van der Waals surface area contributed by atoms with Crippen LogP contribution in [0.1, 0.15) is 51.8 Å². The molecule has 5 aromatic heterocycles. The molecule has 1 fully saturated rings. The monoisotopic (exact) mass is 760 g/mol. The SMILES string of the molecule is C.C.C1=C2CCCC2=NC1.C1=[n+]2ccccc2=NC1.C1=c2ccccc2=NC1.c1ccc2ncncc2c1.c1cnc2c(c1)CCC2.c1ncc2sccc2n1. The first-order chi connectivity index (χ1) is 26.8. The van der Waals surface area contributed by atoms with Gasteiger partial charge in [0.05, 0.1) is 40.4 Å². The van der Waals surface area contributed by atoms with E-state index in [0.29, 0.717) is 0 Å². The number of allylic oxidation sites excluding steroid dienone is 1. The summed E-state index contributed by atoms with van der Waals surface area (Å²) in [6, 6.07) is 28.3. The molecule has 0 atom stereocenters. The van der Waals surface area contributed by atoms with Gasteiger partial charge in [-0.2, -0.15) is 0 Å². The van der Waals surface area contributed by atoms with Gasteiger partial charge in [0.15, 0.2) is 6.54 Å². The first-order valence-electron chi connectivity index (χ1n) is 18.3. The molecule has 0 saturated heterocycles. The molecule has 2 aromatic carbocycles. The van der Waals surface area contributed by atoms with Crippen molar-refractivity contribution in [3.63, 3.8) is 0 Å². The zero-order valence-electron chi connectivity index (χ0n) is 30.2. The van der Waals surface area contributed by atoms with Gasteiger partial charge in [-0.15, -0.1) is 11.3 Å². The van der Waals surface area contributed by atoms with Crippen LogP contribution in [-0.4, -0.2) is 50.3 Å². The normalized spacial score (nSPS) is 13.9. The number of para-hydroxylation sites is 2. The number of aryl methyl sites for hydroxylation is 2. The van der Waals surface area contributed by atoms with E-state index in [1.807, 2.05) is 107 Å². The molecule has 7 aromatic rings. The second kappa shape index (κ2) is 21.7. The highest BCUT2D eigenvalue weighted by Gasteiger charge is 2.16. The highest BCUT2D eigenvalue weighted by atomic mass is 32.1. The van der Waals surface area contributed by atoms with E-state index in [0.717, 1.165) is 51.6 Å². The molecule has 9 nitrogen and oxygen atoms in total. The average molecular weight is 761 g/mol. The summed E-state index contributed by atoms with van der Waals surface area (Å²) in [5.41, 5.74) is 8.79. The van der Waals surface area contributed by atoms with Gasteiger partial charge in [-0.25, -0.2) is 24.2 Å². The number of thiophene rings is 1. The first-order valence-corrected chi connectivity index (χ1v) is 19.2. The van der Waals surface area contributed by atoms with E-state index in [2.05, 4.69) is 70.4 Å². The van der Waals surface area contributed by atoms with Crippen molar-refractivity contribution in [1.82, 2.24) is 24.9 Å². The number of rotatable bonds is 0. The molecule has 0 amide bonds. The molecule has 10 heteroatoms. The van der Waals surface area contributed by atoms with Crippen LogP contribution in [0, 0.1) is 6.21 Å². The number of nitrogens with zero attached hydrogens (tertiary/aromatic N) is 9. The summed E-state index contributed by atoms with van der Waals surface area (Å²) in [4.78, 5) is 32.9. The topological polar surface area (TPSA) is 107 Å². The summed E-state index contributed by atoms with van der Waals surface area (Å²) in [6.45, 7) is 2.65. The van der Waals surface area contributed by atoms with Gasteiger partial charge in [-0.05, 0) is 90.6 Å². The predicted molar refractivity (Wildman–Crippen MR) is 230 cm³/mol. The molecule has 0 radical (unpaired) electrons. The van der Waals surface area contributed by atoms with Gasteiger partial charge >= 0.3 is 5.49 Å². The fraction of sp³-hybridized carbons (Fsp3) is 0.239. The minimum atomic E-state index is 0. The molecule has 5 aliphatic rings. The molecule has 8 heterocycles. The number of fused-ring (bicyclic) bond motifs is 6. The molecule has 1 saturated carbocycles. The predicted octanol–water partition coefficient (Wildman–Crippen LogP) is 7.43. The first kappa shape index (κ1) is 41.0. The molecular weight excluding hydrogens is 711 g/mol. The maximum Gasteiger partial charge on any atom is 0.322 e. The summed E-state index contributed by atoms with van der Waals surface area (Å²) in [5, 5.41) is 5.51. The maximum atomic E-state index is 4.32. The van der Waals surface area contributed by atoms with Crippen molar-refractivity contribution in [2.24, 2.45) is 15.0 Å². The van der Waals surface area contributed by atoms with Gasteiger partial charge < -0.3 is 0 Å². The summed E-state index contributed by atoms with van der Waals surface area (Å²) in [5.74, 6) is 0. The van der Waals surface area contributed by atoms with Crippen molar-refractivity contribution < 1.29 is 4.24 Å². The molecular formula is C46H50N9S+. The van der Waals surface area contributed by atoms with Crippen LogP contribution < -0.4 is 20.3 Å². The number of aromatic nitrogens is 6. The van der Waals surface area contributed by atoms with E-state index in [9.17, 15) is 0 Å². The third-order valence-corrected chi connectivity index (χ3v) is 9.99. The zero-order valence-corrected chi connectivity index (χ0v) is 31.0. The van der Waals surface area contributed by atoms with Crippen molar-refractivity contribution >= 4 is 44.2 Å². The largest absolute Gasteiger partial charge is 0.322 e. The van der Waals surface area contributed by atoms with Gasteiger partial charge in [0.2, 0.25) is 0 Å². The number of pyridine rings is 2. The summed E-state index contributed by atoms with van der Waals surface area (Å²) >= 11 is 1.66. The molecule has 0 spiro atoms. The lowest BCUT2D eigenvalue weighted by molar-refractivity contribution is -0.522. The smallest absolute Gasteiger partial charge is 0.285 e. The fourth-order valence-corrected chi connectivity index (χ4v) is 7.14. The van der Waals surface area contributed by atoms with Crippen molar-refractivity contribution in [3.8, 4) is 0 Å². The Hall–Kier alpha value is -6.13. The van der Waals surface area contributed by atoms with Gasteiger partial charge in [-0.3, -0.25) is 15.0 Å². The lowest BCUT2D eigenvalue weighted by atomic mass is 10.2. The Morgan fingerprint density at radius 1 is 0.607 bits per heavy atom. The van der Waals surface area contributed by atoms with Gasteiger partial charge in [0.1, 0.15) is 18.9 Å². The zero-order chi connectivity index (χ0) is 36.6. The number of benzene rings is 2. The Morgan fingerprint density at radius 3 is 2.25 bits per heavy atom. The third-order valence-electron chi connectivity index (χ3n) is 9.15. The molecule has 56 heavy (non-hydrogen) atoms. The van der Waals surface area contributed by atoms with Crippen LogP contribution in [0.5, 0.6) is 0 Å². The van der Waals surface area contributed by atoms with Crippen LogP contribution in [0.15, 0.2) is 154 Å². The van der Waals surface area contributed by atoms with Crippen molar-refractivity contribution in [2.75, 3.05) is 19.6 Å². The maximum absolute atomic E-state index is 4.32. The Bertz CT molecular complexity index is 2360. The van der Waals surface area contributed by atoms with Crippen LogP contribution in [-0.2, 0) is 12.8 Å². The van der Waals surface area contributed by atoms with Crippen LogP contribution in [0.4, 0.5) is 0 Å². The van der Waals surface area contributed by atoms with Gasteiger partial charge in [0, 0.05) is 41.4 Å². The number of aliphatic imine (C=N–C) groups is 1. The number of hydrogen-bond donors (Lipinski definition) is 0. The Morgan fingerprint density at radius 2 is 1.41 bits per heavy atom. The fourth-order valence-electron chi connectivity index (χ4n) is 6.43. The van der Waals surface area contributed by atoms with Crippen LogP contribution in [0.3, 0.4) is 0 Å². The van der Waals surface area contributed by atoms with Crippen LogP contribution in [0.25, 0.3) is 27.2 Å². The summed E-state index contributed by atoms with van der Waals surface area (Å²) in [7, 11) is 0. The van der Waals surface area contributed by atoms with Crippen molar-refractivity contribution in [3.05, 3.63) is 173 Å². The highest BCUT2D eigenvalue weighted by molar-refractivity contribution is 7.17. The Balaban J connectivity index is 0.000000128. The van der Waals surface area contributed by atoms with E-state index in [4.69, 9.17) is 0 Å². The molecule has 3 aliphatic heterocycles. The quantitative estimate of drug-likeness (QED) is 0.150. The minimum Gasteiger partial charge on any atom is -0.285 e. The molecule has 12 rings (SSSR count). The Kier molecular flexibility index (Phi) is 15.9. The Labute approximate surface area is 333 Å². The molecule has 0 N–H and O–H groups in total. The molecule has 0 unspecified atom stereocenters. The average Bonchev–Trinajstić information content (AvgIpc) is 4.09. The third kappa shape index (κ3) is 11.4. The molecule has 2 aliphatic carbocycles. The molecule has 0 bridgehead atoms. The molecule has 284 valence electrons. The standard InChI is InChI=1S/C8H6N2.C8H9N.C8H7N.C7H7N2.C7H9N.C6H4N2S.2CH4/c1-2-4-8-7(3-1)5-9-6-10-8;1-3-7-4-2-6-9-8(7)5-1;1-2-4-8-7(3-1)5-6-9-8;1-2-5-9-6-4-8-7(9)3-1;1-2-6-4-5-8-7(6)3-1;1-2-9-6-3-7-4-8-5(1)6;;/h1-6H;2,4,6H,1,3,5H2;1-5H,6H2;1-3,5-6H,4H2;4H,1-3,5H2;1-4H;2*1H4/q;;;+1;;;;. The van der Waals surface area contributed by atoms with Gasteiger partial charge in [-0.1, -0.05) is 80.5 Å². The second-order valence-corrected chi connectivity index (χ2v) is 13.6.